The minimum absolute atomic E-state index is 0. The number of nitrogens with zero attached hydrogens (tertiary/aromatic N) is 1. The molecular formula is C21H34IN3O3. The smallest absolute Gasteiger partial charge is 0.191 e. The van der Waals surface area contributed by atoms with Crippen molar-refractivity contribution >= 4 is 29.9 Å². The molecule has 0 aromatic heterocycles. The van der Waals surface area contributed by atoms with E-state index in [0.29, 0.717) is 18.6 Å². The van der Waals surface area contributed by atoms with Gasteiger partial charge in [0.1, 0.15) is 5.75 Å². The second-order valence-electron chi connectivity index (χ2n) is 7.29. The Kier molecular flexibility index (Phi) is 11.0. The van der Waals surface area contributed by atoms with Crippen molar-refractivity contribution in [2.75, 3.05) is 40.0 Å². The number of halogens is 1. The summed E-state index contributed by atoms with van der Waals surface area (Å²) < 4.78 is 17.2. The Morgan fingerprint density at radius 3 is 2.79 bits per heavy atom. The molecule has 0 spiro atoms. The van der Waals surface area contributed by atoms with Crippen LogP contribution in [0.25, 0.3) is 0 Å². The van der Waals surface area contributed by atoms with Crippen molar-refractivity contribution in [3.8, 4) is 5.75 Å². The number of nitrogens with one attached hydrogen (secondary N) is 2. The number of benzene rings is 1. The second-order valence-corrected chi connectivity index (χ2v) is 7.29. The Morgan fingerprint density at radius 2 is 2.07 bits per heavy atom. The lowest BCUT2D eigenvalue weighted by Gasteiger charge is -2.27. The highest BCUT2D eigenvalue weighted by Gasteiger charge is 2.20. The van der Waals surface area contributed by atoms with E-state index in [2.05, 4.69) is 27.8 Å². The molecule has 0 radical (unpaired) electrons. The molecule has 6 nitrogen and oxygen atoms in total. The zero-order chi connectivity index (χ0) is 18.7. The van der Waals surface area contributed by atoms with Gasteiger partial charge in [-0.15, -0.1) is 24.0 Å². The standard InChI is InChI=1S/C21H33N3O3.HI/c1-22-21(23-11-5-12-25-15-17-10-13-26-16-17)24-14-18-6-2-3-9-20(18)27-19-7-4-8-19;/h2-3,6,9,17,19H,4-5,7-8,10-16H2,1H3,(H2,22,23,24);1H. The van der Waals surface area contributed by atoms with Gasteiger partial charge in [-0.3, -0.25) is 4.99 Å². The van der Waals surface area contributed by atoms with Crippen LogP contribution in [0, 0.1) is 5.92 Å². The largest absolute Gasteiger partial charge is 0.490 e. The summed E-state index contributed by atoms with van der Waals surface area (Å²) in [7, 11) is 1.79. The van der Waals surface area contributed by atoms with E-state index < -0.39 is 0 Å². The lowest BCUT2D eigenvalue weighted by molar-refractivity contribution is 0.0888. The molecule has 1 heterocycles. The monoisotopic (exact) mass is 503 g/mol. The third-order valence-corrected chi connectivity index (χ3v) is 5.12. The molecule has 0 amide bonds. The minimum Gasteiger partial charge on any atom is -0.490 e. The number of aliphatic imine (C=N–C) groups is 1. The number of hydrogen-bond donors (Lipinski definition) is 2. The Hall–Kier alpha value is -1.06. The van der Waals surface area contributed by atoms with Crippen molar-refractivity contribution in [3.63, 3.8) is 0 Å². The third-order valence-electron chi connectivity index (χ3n) is 5.12. The van der Waals surface area contributed by atoms with Crippen molar-refractivity contribution < 1.29 is 14.2 Å². The fourth-order valence-corrected chi connectivity index (χ4v) is 3.18. The topological polar surface area (TPSA) is 64.1 Å². The highest BCUT2D eigenvalue weighted by Crippen LogP contribution is 2.27. The maximum absolute atomic E-state index is 6.09. The summed E-state index contributed by atoms with van der Waals surface area (Å²) in [6.45, 7) is 4.83. The summed E-state index contributed by atoms with van der Waals surface area (Å²) in [5, 5.41) is 6.72. The maximum Gasteiger partial charge on any atom is 0.191 e. The number of hydrogen-bond acceptors (Lipinski definition) is 4. The first-order valence-corrected chi connectivity index (χ1v) is 10.2. The average molecular weight is 503 g/mol. The fraction of sp³-hybridized carbons (Fsp3) is 0.667. The van der Waals surface area contributed by atoms with Gasteiger partial charge >= 0.3 is 0 Å². The summed E-state index contributed by atoms with van der Waals surface area (Å²) in [6, 6.07) is 8.24. The molecule has 1 saturated heterocycles. The predicted octanol–water partition coefficient (Wildman–Crippen LogP) is 3.34. The Morgan fingerprint density at radius 1 is 1.21 bits per heavy atom. The normalized spacial score (nSPS) is 19.6. The van der Waals surface area contributed by atoms with Crippen LogP contribution in [-0.4, -0.2) is 52.1 Å². The zero-order valence-corrected chi connectivity index (χ0v) is 19.2. The van der Waals surface area contributed by atoms with Crippen molar-refractivity contribution in [2.45, 2.75) is 44.8 Å². The summed E-state index contributed by atoms with van der Waals surface area (Å²) in [5.74, 6) is 2.36. The molecule has 1 aliphatic heterocycles. The van der Waals surface area contributed by atoms with E-state index in [-0.39, 0.29) is 24.0 Å². The summed E-state index contributed by atoms with van der Waals surface area (Å²) >= 11 is 0. The lowest BCUT2D eigenvalue weighted by Crippen LogP contribution is -2.37. The van der Waals surface area contributed by atoms with Gasteiger partial charge in [-0.25, -0.2) is 0 Å². The number of ether oxygens (including phenoxy) is 3. The summed E-state index contributed by atoms with van der Waals surface area (Å²) in [5.41, 5.74) is 1.16. The van der Waals surface area contributed by atoms with Crippen LogP contribution >= 0.6 is 24.0 Å². The van der Waals surface area contributed by atoms with E-state index in [0.717, 1.165) is 63.1 Å². The van der Waals surface area contributed by atoms with E-state index in [4.69, 9.17) is 14.2 Å². The predicted molar refractivity (Wildman–Crippen MR) is 123 cm³/mol. The van der Waals surface area contributed by atoms with Crippen LogP contribution in [0.5, 0.6) is 5.75 Å². The van der Waals surface area contributed by atoms with Gasteiger partial charge in [0.25, 0.3) is 0 Å². The van der Waals surface area contributed by atoms with Crippen LogP contribution in [0.15, 0.2) is 29.3 Å². The van der Waals surface area contributed by atoms with Crippen LogP contribution in [0.1, 0.15) is 37.7 Å². The Bertz CT molecular complexity index is 590. The van der Waals surface area contributed by atoms with E-state index in [1.165, 1.54) is 19.3 Å². The van der Waals surface area contributed by atoms with Gasteiger partial charge in [0, 0.05) is 44.8 Å². The van der Waals surface area contributed by atoms with Gasteiger partial charge in [0.05, 0.1) is 19.3 Å². The van der Waals surface area contributed by atoms with E-state index in [9.17, 15) is 0 Å². The molecule has 1 aromatic carbocycles. The van der Waals surface area contributed by atoms with E-state index >= 15 is 0 Å². The quantitative estimate of drug-likeness (QED) is 0.222. The maximum atomic E-state index is 6.09. The molecule has 7 heteroatoms. The van der Waals surface area contributed by atoms with Gasteiger partial charge in [-0.05, 0) is 38.2 Å². The Labute approximate surface area is 185 Å². The molecule has 3 rings (SSSR count). The molecule has 2 aliphatic rings. The molecule has 1 atom stereocenters. The van der Waals surface area contributed by atoms with Crippen LogP contribution < -0.4 is 15.4 Å². The highest BCUT2D eigenvalue weighted by molar-refractivity contribution is 14.0. The van der Waals surface area contributed by atoms with Crippen LogP contribution in [-0.2, 0) is 16.0 Å². The van der Waals surface area contributed by atoms with Gasteiger partial charge in [0.2, 0.25) is 0 Å². The lowest BCUT2D eigenvalue weighted by atomic mass is 9.96. The van der Waals surface area contributed by atoms with Gasteiger partial charge in [-0.1, -0.05) is 18.2 Å². The van der Waals surface area contributed by atoms with Crippen molar-refractivity contribution in [3.05, 3.63) is 29.8 Å². The molecule has 1 aliphatic carbocycles. The van der Waals surface area contributed by atoms with Crippen LogP contribution in [0.2, 0.25) is 0 Å². The van der Waals surface area contributed by atoms with E-state index in [1.54, 1.807) is 7.05 Å². The second kappa shape index (κ2) is 13.2. The van der Waals surface area contributed by atoms with Crippen LogP contribution in [0.4, 0.5) is 0 Å². The Balaban J connectivity index is 0.00000280. The third kappa shape index (κ3) is 7.75. The minimum atomic E-state index is 0. The molecule has 28 heavy (non-hydrogen) atoms. The molecule has 1 aromatic rings. The average Bonchev–Trinajstić information content (AvgIpc) is 3.18. The van der Waals surface area contributed by atoms with Crippen molar-refractivity contribution in [1.82, 2.24) is 10.6 Å². The van der Waals surface area contributed by atoms with Crippen LogP contribution in [0.3, 0.4) is 0 Å². The highest BCUT2D eigenvalue weighted by atomic mass is 127. The molecule has 1 saturated carbocycles. The number of guanidine groups is 1. The molecular weight excluding hydrogens is 469 g/mol. The molecule has 2 fully saturated rings. The first-order chi connectivity index (χ1) is 13.3. The van der Waals surface area contributed by atoms with Gasteiger partial charge in [-0.2, -0.15) is 0 Å². The molecule has 1 unspecified atom stereocenters. The number of rotatable bonds is 10. The first-order valence-electron chi connectivity index (χ1n) is 10.2. The number of para-hydroxylation sites is 1. The fourth-order valence-electron chi connectivity index (χ4n) is 3.18. The summed E-state index contributed by atoms with van der Waals surface area (Å²) in [6.07, 6.45) is 6.08. The summed E-state index contributed by atoms with van der Waals surface area (Å²) in [4.78, 5) is 4.30. The van der Waals surface area contributed by atoms with Gasteiger partial charge in [0.15, 0.2) is 5.96 Å². The molecule has 158 valence electrons. The first kappa shape index (κ1) is 23.2. The zero-order valence-electron chi connectivity index (χ0n) is 16.8. The van der Waals surface area contributed by atoms with E-state index in [1.807, 2.05) is 12.1 Å². The van der Waals surface area contributed by atoms with Crippen molar-refractivity contribution in [2.24, 2.45) is 10.9 Å². The van der Waals surface area contributed by atoms with Crippen molar-refractivity contribution in [1.29, 1.82) is 0 Å². The molecule has 0 bridgehead atoms. The van der Waals surface area contributed by atoms with Gasteiger partial charge < -0.3 is 24.8 Å². The molecule has 2 N–H and O–H groups in total. The SMILES string of the molecule is CN=C(NCCCOCC1CCOC1)NCc1ccccc1OC1CCC1.I.